The molecule has 0 aliphatic carbocycles. The number of thiazole rings is 1. The number of fused-ring (bicyclic) bond motifs is 2. The van der Waals surface area contributed by atoms with E-state index in [1.807, 2.05) is 32.9 Å². The topological polar surface area (TPSA) is 118 Å². The molecule has 1 atom stereocenters. The van der Waals surface area contributed by atoms with Crippen molar-refractivity contribution in [2.75, 3.05) is 5.32 Å². The third kappa shape index (κ3) is 3.90. The normalized spacial score (nSPS) is 12.2. The van der Waals surface area contributed by atoms with Gasteiger partial charge in [0.1, 0.15) is 21.6 Å². The van der Waals surface area contributed by atoms with Crippen molar-refractivity contribution >= 4 is 44.3 Å². The molecule has 170 valence electrons. The van der Waals surface area contributed by atoms with Crippen molar-refractivity contribution in [1.82, 2.24) is 15.0 Å². The predicted molar refractivity (Wildman–Crippen MR) is 132 cm³/mol. The van der Waals surface area contributed by atoms with Gasteiger partial charge in [-0.2, -0.15) is 0 Å². The Labute approximate surface area is 198 Å². The summed E-state index contributed by atoms with van der Waals surface area (Å²) >= 11 is 1.48. The number of aromatic carboxylic acids is 1. The van der Waals surface area contributed by atoms with Crippen LogP contribution in [0.5, 0.6) is 0 Å². The Kier molecular flexibility index (Phi) is 5.33. The molecule has 0 aliphatic rings. The second-order valence-electron chi connectivity index (χ2n) is 8.03. The maximum absolute atomic E-state index is 13.1. The van der Waals surface area contributed by atoms with Gasteiger partial charge in [0.2, 0.25) is 0 Å². The van der Waals surface area contributed by atoms with Gasteiger partial charge in [0, 0.05) is 17.8 Å². The van der Waals surface area contributed by atoms with Crippen molar-refractivity contribution < 1.29 is 14.3 Å². The monoisotopic (exact) mass is 472 g/mol. The fourth-order valence-electron chi connectivity index (χ4n) is 3.95. The number of benzene rings is 1. The summed E-state index contributed by atoms with van der Waals surface area (Å²) in [6.45, 7) is 5.70. The van der Waals surface area contributed by atoms with Crippen LogP contribution in [-0.4, -0.2) is 26.0 Å². The van der Waals surface area contributed by atoms with E-state index in [0.29, 0.717) is 28.1 Å². The summed E-state index contributed by atoms with van der Waals surface area (Å²) in [4.78, 5) is 38.4. The average molecular weight is 473 g/mol. The van der Waals surface area contributed by atoms with E-state index < -0.39 is 5.97 Å². The molecule has 0 radical (unpaired) electrons. The van der Waals surface area contributed by atoms with Gasteiger partial charge < -0.3 is 14.8 Å². The molecule has 0 aliphatic heterocycles. The molecular weight excluding hydrogens is 452 g/mol. The molecule has 4 heterocycles. The van der Waals surface area contributed by atoms with Crippen LogP contribution in [0.1, 0.15) is 39.6 Å². The number of carboxylic acids is 1. The number of nitrogens with one attached hydrogen (secondary N) is 1. The summed E-state index contributed by atoms with van der Waals surface area (Å²) in [5.41, 5.74) is 3.51. The highest BCUT2D eigenvalue weighted by Crippen LogP contribution is 2.31. The minimum Gasteiger partial charge on any atom is -0.476 e. The van der Waals surface area contributed by atoms with Crippen molar-refractivity contribution in [3.05, 3.63) is 80.7 Å². The summed E-state index contributed by atoms with van der Waals surface area (Å²) in [7, 11) is 0. The highest BCUT2D eigenvalue weighted by Gasteiger charge is 2.19. The van der Waals surface area contributed by atoms with Crippen LogP contribution < -0.4 is 10.7 Å². The molecule has 0 unspecified atom stereocenters. The molecule has 5 aromatic rings. The molecule has 9 heteroatoms. The van der Waals surface area contributed by atoms with Crippen LogP contribution >= 0.6 is 11.3 Å². The maximum atomic E-state index is 13.1. The molecular formula is C25H20N4O4S. The number of pyridine rings is 2. The number of carbonyl (C=O) groups is 1. The van der Waals surface area contributed by atoms with E-state index in [-0.39, 0.29) is 17.2 Å². The van der Waals surface area contributed by atoms with Crippen molar-refractivity contribution in [3.8, 4) is 11.5 Å². The van der Waals surface area contributed by atoms with Gasteiger partial charge in [-0.25, -0.2) is 19.7 Å². The number of anilines is 1. The van der Waals surface area contributed by atoms with Crippen LogP contribution in [0.15, 0.2) is 57.9 Å². The molecule has 34 heavy (non-hydrogen) atoms. The van der Waals surface area contributed by atoms with Gasteiger partial charge in [-0.1, -0.05) is 17.4 Å². The minimum atomic E-state index is -1.13. The van der Waals surface area contributed by atoms with Crippen LogP contribution in [0, 0.1) is 13.8 Å². The van der Waals surface area contributed by atoms with E-state index in [9.17, 15) is 14.7 Å². The van der Waals surface area contributed by atoms with E-state index in [1.165, 1.54) is 23.6 Å². The largest absolute Gasteiger partial charge is 0.476 e. The van der Waals surface area contributed by atoms with Crippen molar-refractivity contribution in [1.29, 1.82) is 0 Å². The van der Waals surface area contributed by atoms with Gasteiger partial charge in [0.05, 0.1) is 22.1 Å². The number of nitrogens with zero attached hydrogens (tertiary/aromatic N) is 3. The standard InChI is InChI=1S/C25H20N4O4S/c1-12-9-15(13(2)27-18-5-4-8-26-22(18)25(31)32)23-16(10-12)20(30)11-21(33-23)17-6-7-19-24(29-17)34-14(3)28-19/h4-11,13,27H,1-3H3,(H,31,32)/t13-/m1/s1. The van der Waals surface area contributed by atoms with Crippen LogP contribution in [0.25, 0.3) is 32.8 Å². The Morgan fingerprint density at radius 1 is 1.15 bits per heavy atom. The smallest absolute Gasteiger partial charge is 0.356 e. The van der Waals surface area contributed by atoms with E-state index in [0.717, 1.165) is 26.5 Å². The zero-order valence-electron chi connectivity index (χ0n) is 18.6. The highest BCUT2D eigenvalue weighted by atomic mass is 32.1. The van der Waals surface area contributed by atoms with Gasteiger partial charge in [-0.3, -0.25) is 4.79 Å². The number of hydrogen-bond acceptors (Lipinski definition) is 8. The maximum Gasteiger partial charge on any atom is 0.356 e. The first-order chi connectivity index (χ1) is 16.3. The molecule has 5 rings (SSSR count). The zero-order valence-corrected chi connectivity index (χ0v) is 19.4. The van der Waals surface area contributed by atoms with Crippen molar-refractivity contribution in [2.24, 2.45) is 0 Å². The van der Waals surface area contributed by atoms with Crippen LogP contribution in [0.2, 0.25) is 0 Å². The lowest BCUT2D eigenvalue weighted by molar-refractivity contribution is 0.0691. The first-order valence-electron chi connectivity index (χ1n) is 10.6. The average Bonchev–Trinajstić information content (AvgIpc) is 3.18. The summed E-state index contributed by atoms with van der Waals surface area (Å²) in [6.07, 6.45) is 1.43. The van der Waals surface area contributed by atoms with E-state index >= 15 is 0 Å². The van der Waals surface area contributed by atoms with Crippen molar-refractivity contribution in [3.63, 3.8) is 0 Å². The zero-order chi connectivity index (χ0) is 24.0. The molecule has 0 spiro atoms. The van der Waals surface area contributed by atoms with Gasteiger partial charge in [-0.05, 0) is 56.7 Å². The van der Waals surface area contributed by atoms with Crippen LogP contribution in [0.3, 0.4) is 0 Å². The molecule has 2 N–H and O–H groups in total. The van der Waals surface area contributed by atoms with E-state index in [2.05, 4.69) is 20.3 Å². The van der Waals surface area contributed by atoms with Gasteiger partial charge in [0.15, 0.2) is 16.9 Å². The second kappa shape index (κ2) is 8.35. The summed E-state index contributed by atoms with van der Waals surface area (Å²) in [5, 5.41) is 14.0. The van der Waals surface area contributed by atoms with Crippen molar-refractivity contribution in [2.45, 2.75) is 26.8 Å². The molecule has 8 nitrogen and oxygen atoms in total. The molecule has 0 saturated carbocycles. The third-order valence-corrected chi connectivity index (χ3v) is 6.35. The lowest BCUT2D eigenvalue weighted by atomic mass is 10.0. The molecule has 1 aromatic carbocycles. The fourth-order valence-corrected chi connectivity index (χ4v) is 4.73. The summed E-state index contributed by atoms with van der Waals surface area (Å²) in [6, 6.07) is 11.8. The number of aryl methyl sites for hydroxylation is 2. The second-order valence-corrected chi connectivity index (χ2v) is 9.21. The highest BCUT2D eigenvalue weighted by molar-refractivity contribution is 7.18. The van der Waals surface area contributed by atoms with Gasteiger partial charge in [-0.15, -0.1) is 0 Å². The first kappa shape index (κ1) is 21.7. The lowest BCUT2D eigenvalue weighted by Gasteiger charge is -2.19. The molecule has 0 bridgehead atoms. The van der Waals surface area contributed by atoms with Gasteiger partial charge >= 0.3 is 5.97 Å². The number of rotatable bonds is 5. The Morgan fingerprint density at radius 3 is 2.76 bits per heavy atom. The Bertz CT molecular complexity index is 1640. The Balaban J connectivity index is 1.64. The SMILES string of the molecule is Cc1cc([C@@H](C)Nc2cccnc2C(=O)O)c2oc(-c3ccc4nc(C)sc4n3)cc(=O)c2c1. The van der Waals surface area contributed by atoms with Gasteiger partial charge in [0.25, 0.3) is 0 Å². The number of aromatic nitrogens is 3. The number of hydrogen-bond donors (Lipinski definition) is 2. The quantitative estimate of drug-likeness (QED) is 0.351. The molecule has 4 aromatic heterocycles. The third-order valence-electron chi connectivity index (χ3n) is 5.47. The Morgan fingerprint density at radius 2 is 1.97 bits per heavy atom. The van der Waals surface area contributed by atoms with Crippen LogP contribution in [0.4, 0.5) is 5.69 Å². The lowest BCUT2D eigenvalue weighted by Crippen LogP contribution is -2.13. The minimum absolute atomic E-state index is 0.0780. The molecule has 0 amide bonds. The first-order valence-corrected chi connectivity index (χ1v) is 11.4. The summed E-state index contributed by atoms with van der Waals surface area (Å²) < 4.78 is 6.26. The Hall–Kier alpha value is -4.11. The molecule has 0 fully saturated rings. The van der Waals surface area contributed by atoms with E-state index in [1.54, 1.807) is 24.3 Å². The molecule has 0 saturated heterocycles. The van der Waals surface area contributed by atoms with E-state index in [4.69, 9.17) is 4.42 Å². The fraction of sp³-hybridized carbons (Fsp3) is 0.160. The van der Waals surface area contributed by atoms with Crippen LogP contribution in [-0.2, 0) is 0 Å². The summed E-state index contributed by atoms with van der Waals surface area (Å²) in [5.74, 6) is -0.770. The number of carboxylic acid groups (broad SMARTS) is 1. The predicted octanol–water partition coefficient (Wildman–Crippen LogP) is 5.35.